The van der Waals surface area contributed by atoms with Gasteiger partial charge in [0.2, 0.25) is 5.91 Å². The van der Waals surface area contributed by atoms with Gasteiger partial charge in [0.1, 0.15) is 6.61 Å². The van der Waals surface area contributed by atoms with Crippen LogP contribution in [0.15, 0.2) is 66.7 Å². The molecule has 0 heterocycles. The van der Waals surface area contributed by atoms with Gasteiger partial charge in [-0.3, -0.25) is 4.79 Å². The predicted octanol–water partition coefficient (Wildman–Crippen LogP) is 4.91. The van der Waals surface area contributed by atoms with Gasteiger partial charge in [0, 0.05) is 23.9 Å². The number of anilines is 1. The monoisotopic (exact) mass is 464 g/mol. The van der Waals surface area contributed by atoms with Gasteiger partial charge in [-0.2, -0.15) is 0 Å². The summed E-state index contributed by atoms with van der Waals surface area (Å²) in [7, 11) is 0. The molecular weight excluding hydrogens is 444 g/mol. The number of carbonyl (C=O) groups is 3. The highest BCUT2D eigenvalue weighted by molar-refractivity contribution is 6.31. The average molecular weight is 465 g/mol. The average Bonchev–Trinajstić information content (AvgIpc) is 3.11. The van der Waals surface area contributed by atoms with Gasteiger partial charge in [0.15, 0.2) is 0 Å². The predicted molar refractivity (Wildman–Crippen MR) is 125 cm³/mol. The van der Waals surface area contributed by atoms with Crippen LogP contribution in [0, 0.1) is 0 Å². The lowest BCUT2D eigenvalue weighted by Gasteiger charge is -2.14. The van der Waals surface area contributed by atoms with Crippen molar-refractivity contribution in [3.8, 4) is 11.1 Å². The zero-order chi connectivity index (χ0) is 23.4. The van der Waals surface area contributed by atoms with Crippen LogP contribution in [0.3, 0.4) is 0 Å². The number of alkyl carbamates (subject to hydrolysis) is 1. The molecule has 168 valence electrons. The van der Waals surface area contributed by atoms with Gasteiger partial charge in [0.05, 0.1) is 11.3 Å². The topological polar surface area (TPSA) is 105 Å². The second-order valence-corrected chi connectivity index (χ2v) is 7.98. The maximum atomic E-state index is 12.2. The Morgan fingerprint density at radius 3 is 2.21 bits per heavy atom. The van der Waals surface area contributed by atoms with Gasteiger partial charge in [-0.25, -0.2) is 9.59 Å². The number of fused-ring (bicyclic) bond motifs is 3. The Kier molecular flexibility index (Phi) is 6.60. The SMILES string of the molecule is O=C(CCNC(=O)OCC1c2ccccc2-c2ccccc21)Nc1cc(Cl)ccc1C(=O)O. The van der Waals surface area contributed by atoms with Gasteiger partial charge in [0.25, 0.3) is 0 Å². The molecule has 0 radical (unpaired) electrons. The van der Waals surface area contributed by atoms with Crippen LogP contribution in [-0.2, 0) is 9.53 Å². The molecular formula is C25H21ClN2O5. The van der Waals surface area contributed by atoms with Crippen LogP contribution in [0.5, 0.6) is 0 Å². The third-order valence-corrected chi connectivity index (χ3v) is 5.69. The fourth-order valence-electron chi connectivity index (χ4n) is 3.95. The molecule has 7 nitrogen and oxygen atoms in total. The van der Waals surface area contributed by atoms with Crippen LogP contribution in [0.2, 0.25) is 5.02 Å². The molecule has 0 bridgehead atoms. The molecule has 0 atom stereocenters. The zero-order valence-electron chi connectivity index (χ0n) is 17.5. The number of hydrogen-bond acceptors (Lipinski definition) is 4. The van der Waals surface area contributed by atoms with Crippen molar-refractivity contribution in [1.29, 1.82) is 0 Å². The van der Waals surface area contributed by atoms with Crippen molar-refractivity contribution < 1.29 is 24.2 Å². The summed E-state index contributed by atoms with van der Waals surface area (Å²) < 4.78 is 5.43. The highest BCUT2D eigenvalue weighted by atomic mass is 35.5. The second-order valence-electron chi connectivity index (χ2n) is 7.55. The molecule has 33 heavy (non-hydrogen) atoms. The number of nitrogens with one attached hydrogen (secondary N) is 2. The van der Waals surface area contributed by atoms with Crippen molar-refractivity contribution in [3.05, 3.63) is 88.4 Å². The third-order valence-electron chi connectivity index (χ3n) is 5.45. The molecule has 8 heteroatoms. The van der Waals surface area contributed by atoms with E-state index in [1.54, 1.807) is 0 Å². The molecule has 0 unspecified atom stereocenters. The largest absolute Gasteiger partial charge is 0.478 e. The Labute approximate surface area is 195 Å². The summed E-state index contributed by atoms with van der Waals surface area (Å²) in [5, 5.41) is 14.6. The number of carbonyl (C=O) groups excluding carboxylic acids is 2. The molecule has 0 fully saturated rings. The number of hydrogen-bond donors (Lipinski definition) is 3. The van der Waals surface area contributed by atoms with Gasteiger partial charge in [-0.15, -0.1) is 0 Å². The number of carboxylic acids is 1. The van der Waals surface area contributed by atoms with Crippen LogP contribution < -0.4 is 10.6 Å². The molecule has 0 saturated heterocycles. The van der Waals surface area contributed by atoms with Crippen molar-refractivity contribution in [2.24, 2.45) is 0 Å². The van der Waals surface area contributed by atoms with E-state index in [2.05, 4.69) is 22.8 Å². The molecule has 4 rings (SSSR count). The van der Waals surface area contributed by atoms with E-state index in [9.17, 15) is 19.5 Å². The third kappa shape index (κ3) is 4.99. The molecule has 0 spiro atoms. The van der Waals surface area contributed by atoms with E-state index >= 15 is 0 Å². The number of halogens is 1. The molecule has 2 amide bonds. The summed E-state index contributed by atoms with van der Waals surface area (Å²) in [5.74, 6) is -1.69. The summed E-state index contributed by atoms with van der Waals surface area (Å²) >= 11 is 5.88. The Morgan fingerprint density at radius 1 is 0.939 bits per heavy atom. The van der Waals surface area contributed by atoms with E-state index in [0.717, 1.165) is 22.3 Å². The molecule has 1 aliphatic carbocycles. The maximum Gasteiger partial charge on any atom is 0.407 e. The highest BCUT2D eigenvalue weighted by Gasteiger charge is 2.29. The highest BCUT2D eigenvalue weighted by Crippen LogP contribution is 2.44. The van der Waals surface area contributed by atoms with Gasteiger partial charge < -0.3 is 20.5 Å². The Bertz CT molecular complexity index is 1180. The minimum atomic E-state index is -1.18. The van der Waals surface area contributed by atoms with E-state index in [-0.39, 0.29) is 36.7 Å². The summed E-state index contributed by atoms with van der Waals surface area (Å²) in [6, 6.07) is 20.2. The van der Waals surface area contributed by atoms with E-state index in [0.29, 0.717) is 5.02 Å². The van der Waals surface area contributed by atoms with Crippen molar-refractivity contribution in [1.82, 2.24) is 5.32 Å². The number of ether oxygens (including phenoxy) is 1. The molecule has 0 aliphatic heterocycles. The minimum absolute atomic E-state index is 0.0332. The lowest BCUT2D eigenvalue weighted by atomic mass is 9.98. The minimum Gasteiger partial charge on any atom is -0.478 e. The standard InChI is InChI=1S/C25H21ClN2O5/c26-15-9-10-20(24(30)31)22(13-15)28-23(29)11-12-27-25(32)33-14-21-18-7-3-1-5-16(18)17-6-2-4-8-19(17)21/h1-10,13,21H,11-12,14H2,(H,27,32)(H,28,29)(H,30,31). The van der Waals surface area contributed by atoms with E-state index in [1.165, 1.54) is 18.2 Å². The van der Waals surface area contributed by atoms with Crippen LogP contribution in [0.1, 0.15) is 33.8 Å². The smallest absolute Gasteiger partial charge is 0.407 e. The van der Waals surface area contributed by atoms with E-state index in [4.69, 9.17) is 16.3 Å². The Morgan fingerprint density at radius 2 is 1.58 bits per heavy atom. The maximum absolute atomic E-state index is 12.2. The molecule has 0 saturated carbocycles. The second kappa shape index (κ2) is 9.75. The molecule has 3 N–H and O–H groups in total. The van der Waals surface area contributed by atoms with Crippen LogP contribution >= 0.6 is 11.6 Å². The zero-order valence-corrected chi connectivity index (χ0v) is 18.3. The summed E-state index contributed by atoms with van der Waals surface area (Å²) in [4.78, 5) is 35.7. The fraction of sp³-hybridized carbons (Fsp3) is 0.160. The van der Waals surface area contributed by atoms with Gasteiger partial charge in [-0.1, -0.05) is 60.1 Å². The van der Waals surface area contributed by atoms with Crippen LogP contribution in [0.25, 0.3) is 11.1 Å². The van der Waals surface area contributed by atoms with Crippen molar-refractivity contribution >= 4 is 35.3 Å². The van der Waals surface area contributed by atoms with Crippen LogP contribution in [-0.4, -0.2) is 36.2 Å². The number of rotatable bonds is 7. The first-order valence-corrected chi connectivity index (χ1v) is 10.7. The number of aromatic carboxylic acids is 1. The molecule has 3 aromatic rings. The quantitative estimate of drug-likeness (QED) is 0.461. The van der Waals surface area contributed by atoms with Crippen LogP contribution in [0.4, 0.5) is 10.5 Å². The lowest BCUT2D eigenvalue weighted by molar-refractivity contribution is -0.116. The first-order chi connectivity index (χ1) is 15.9. The summed E-state index contributed by atoms with van der Waals surface area (Å²) in [6.45, 7) is 0.210. The summed E-state index contributed by atoms with van der Waals surface area (Å²) in [5.41, 5.74) is 4.53. The van der Waals surface area contributed by atoms with Gasteiger partial charge in [-0.05, 0) is 40.5 Å². The first-order valence-electron chi connectivity index (χ1n) is 10.4. The molecule has 1 aliphatic rings. The number of amides is 2. The van der Waals surface area contributed by atoms with Gasteiger partial charge >= 0.3 is 12.1 Å². The number of benzene rings is 3. The first kappa shape index (κ1) is 22.4. The van der Waals surface area contributed by atoms with E-state index < -0.39 is 18.0 Å². The normalized spacial score (nSPS) is 11.9. The van der Waals surface area contributed by atoms with Crippen molar-refractivity contribution in [3.63, 3.8) is 0 Å². The Hall–Kier alpha value is -3.84. The summed E-state index contributed by atoms with van der Waals surface area (Å²) in [6.07, 6.45) is -0.686. The molecule has 3 aromatic carbocycles. The molecule has 0 aromatic heterocycles. The fourth-order valence-corrected chi connectivity index (χ4v) is 4.12. The van der Waals surface area contributed by atoms with Crippen molar-refractivity contribution in [2.75, 3.05) is 18.5 Å². The lowest BCUT2D eigenvalue weighted by Crippen LogP contribution is -2.29. The Balaban J connectivity index is 1.28. The number of carboxylic acid groups (broad SMARTS) is 1. The van der Waals surface area contributed by atoms with Crippen molar-refractivity contribution in [2.45, 2.75) is 12.3 Å². The van der Waals surface area contributed by atoms with E-state index in [1.807, 2.05) is 36.4 Å².